The summed E-state index contributed by atoms with van der Waals surface area (Å²) >= 11 is 0. The van der Waals surface area contributed by atoms with Crippen LogP contribution in [0.2, 0.25) is 0 Å². The van der Waals surface area contributed by atoms with Gasteiger partial charge in [-0.1, -0.05) is 24.3 Å². The molecule has 1 radical (unpaired) electrons. The van der Waals surface area contributed by atoms with Crippen molar-refractivity contribution in [2.45, 2.75) is 6.42 Å². The van der Waals surface area contributed by atoms with Gasteiger partial charge in [0.15, 0.2) is 0 Å². The second-order valence-electron chi connectivity index (χ2n) is 3.37. The van der Waals surface area contributed by atoms with Crippen LogP contribution in [0, 0.1) is 26.6 Å². The zero-order valence-electron chi connectivity index (χ0n) is 8.12. The van der Waals surface area contributed by atoms with E-state index in [4.69, 9.17) is 0 Å². The molecule has 0 aliphatic heterocycles. The molecule has 1 aliphatic rings. The first-order chi connectivity index (χ1) is 7.59. The number of rotatable bonds is 2. The highest BCUT2D eigenvalue weighted by Gasteiger charge is 2.34. The van der Waals surface area contributed by atoms with Crippen molar-refractivity contribution in [3.63, 3.8) is 0 Å². The highest BCUT2D eigenvalue weighted by molar-refractivity contribution is 5.44. The Hall–Kier alpha value is -2.24. The Kier molecular flexibility index (Phi) is 2.40. The lowest BCUT2D eigenvalue weighted by atomic mass is 9.93. The lowest BCUT2D eigenvalue weighted by Crippen LogP contribution is -2.18. The molecule has 1 aliphatic carbocycles. The molecule has 81 valence electrons. The average molecular weight is 219 g/mol. The number of nitrogens with zero attached hydrogens (tertiary/aromatic N) is 2. The van der Waals surface area contributed by atoms with Crippen LogP contribution in [0.1, 0.15) is 11.1 Å². The molecule has 0 amide bonds. The van der Waals surface area contributed by atoms with E-state index < -0.39 is 15.5 Å². The van der Waals surface area contributed by atoms with Crippen molar-refractivity contribution in [1.82, 2.24) is 0 Å². The molecule has 6 nitrogen and oxygen atoms in total. The minimum absolute atomic E-state index is 0.00398. The zero-order chi connectivity index (χ0) is 11.7. The van der Waals surface area contributed by atoms with Crippen LogP contribution in [0.4, 0.5) is 0 Å². The minimum Gasteiger partial charge on any atom is -0.258 e. The molecule has 6 heteroatoms. The first-order valence-electron chi connectivity index (χ1n) is 4.54. The van der Waals surface area contributed by atoms with Crippen molar-refractivity contribution < 1.29 is 9.85 Å². The Labute approximate surface area is 90.5 Å². The third kappa shape index (κ3) is 1.65. The molecule has 0 aromatic heterocycles. The Balaban J connectivity index is 2.49. The zero-order valence-corrected chi connectivity index (χ0v) is 8.12. The van der Waals surface area contributed by atoms with Gasteiger partial charge >= 0.3 is 11.4 Å². The van der Waals surface area contributed by atoms with Gasteiger partial charge in [0.25, 0.3) is 0 Å². The molecule has 16 heavy (non-hydrogen) atoms. The molecule has 0 saturated carbocycles. The van der Waals surface area contributed by atoms with E-state index in [2.05, 4.69) is 0 Å². The van der Waals surface area contributed by atoms with Gasteiger partial charge in [-0.25, -0.2) is 0 Å². The van der Waals surface area contributed by atoms with Crippen LogP contribution < -0.4 is 0 Å². The number of fused-ring (bicyclic) bond motifs is 1. The number of nitro groups is 2. The van der Waals surface area contributed by atoms with E-state index in [0.29, 0.717) is 5.56 Å². The number of hydrogen-bond donors (Lipinski definition) is 0. The van der Waals surface area contributed by atoms with Crippen molar-refractivity contribution in [2.24, 2.45) is 0 Å². The topological polar surface area (TPSA) is 86.3 Å². The summed E-state index contributed by atoms with van der Waals surface area (Å²) in [6.45, 7) is 0. The van der Waals surface area contributed by atoms with Crippen molar-refractivity contribution in [2.75, 3.05) is 0 Å². The molecule has 1 aromatic rings. The molecule has 1 aromatic carbocycles. The Bertz CT molecular complexity index is 462. The van der Waals surface area contributed by atoms with Gasteiger partial charge in [-0.05, 0) is 11.1 Å². The third-order valence-corrected chi connectivity index (χ3v) is 2.42. The van der Waals surface area contributed by atoms with Gasteiger partial charge in [0, 0.05) is 0 Å². The number of allylic oxidation sites excluding steroid dienone is 2. The largest absolute Gasteiger partial charge is 0.327 e. The quantitative estimate of drug-likeness (QED) is 0.557. The van der Waals surface area contributed by atoms with Crippen LogP contribution >= 0.6 is 0 Å². The SMILES string of the molecule is O=[N+]([O-])C1=C([N+](=O)[O-])Cc2ccccc2[CH]1. The maximum absolute atomic E-state index is 10.7. The van der Waals surface area contributed by atoms with Crippen LogP contribution in [0.5, 0.6) is 0 Å². The van der Waals surface area contributed by atoms with Gasteiger partial charge in [0.05, 0.1) is 22.7 Å². The summed E-state index contributed by atoms with van der Waals surface area (Å²) in [6, 6.07) is 6.92. The molecule has 0 fully saturated rings. The molecule has 0 saturated heterocycles. The Morgan fingerprint density at radius 1 is 1.06 bits per heavy atom. The maximum atomic E-state index is 10.7. The van der Waals surface area contributed by atoms with E-state index in [0.717, 1.165) is 5.56 Å². The highest BCUT2D eigenvalue weighted by atomic mass is 16.6. The first kappa shape index (κ1) is 10.3. The monoisotopic (exact) mass is 219 g/mol. The van der Waals surface area contributed by atoms with Crippen molar-refractivity contribution in [3.05, 3.63) is 73.4 Å². The smallest absolute Gasteiger partial charge is 0.258 e. The van der Waals surface area contributed by atoms with Crippen molar-refractivity contribution in [1.29, 1.82) is 0 Å². The summed E-state index contributed by atoms with van der Waals surface area (Å²) in [5.74, 6) is 0. The molecule has 0 atom stereocenters. The molecule has 0 bridgehead atoms. The average Bonchev–Trinajstić information content (AvgIpc) is 2.27. The fourth-order valence-electron chi connectivity index (χ4n) is 1.65. The number of hydrogen-bond acceptors (Lipinski definition) is 4. The van der Waals surface area contributed by atoms with E-state index in [1.807, 2.05) is 0 Å². The predicted molar refractivity (Wildman–Crippen MR) is 54.6 cm³/mol. The Morgan fingerprint density at radius 3 is 2.38 bits per heavy atom. The minimum atomic E-state index is -0.714. The van der Waals surface area contributed by atoms with Gasteiger partial charge in [-0.2, -0.15) is 0 Å². The number of benzene rings is 1. The van der Waals surface area contributed by atoms with Gasteiger partial charge in [0.1, 0.15) is 0 Å². The van der Waals surface area contributed by atoms with Gasteiger partial charge < -0.3 is 0 Å². The van der Waals surface area contributed by atoms with Crippen LogP contribution in [-0.4, -0.2) is 9.85 Å². The van der Waals surface area contributed by atoms with E-state index in [1.165, 1.54) is 6.42 Å². The van der Waals surface area contributed by atoms with E-state index >= 15 is 0 Å². The second kappa shape index (κ2) is 3.73. The summed E-state index contributed by atoms with van der Waals surface area (Å²) in [5.41, 5.74) is 0.618. The normalized spacial score (nSPS) is 14.5. The van der Waals surface area contributed by atoms with Crippen LogP contribution in [0.3, 0.4) is 0 Å². The van der Waals surface area contributed by atoms with Crippen molar-refractivity contribution >= 4 is 0 Å². The van der Waals surface area contributed by atoms with Crippen LogP contribution in [0.15, 0.2) is 35.7 Å². The molecular weight excluding hydrogens is 212 g/mol. The maximum Gasteiger partial charge on any atom is 0.327 e. The molecular formula is C10H7N2O4. The lowest BCUT2D eigenvalue weighted by molar-refractivity contribution is -0.470. The molecule has 0 heterocycles. The van der Waals surface area contributed by atoms with Crippen LogP contribution in [-0.2, 0) is 6.42 Å². The standard InChI is InChI=1S/C10H7N2O4/c13-11(14)9-5-7-3-1-2-4-8(7)6-10(9)12(15)16/h1-5H,6H2. The summed E-state index contributed by atoms with van der Waals surface area (Å²) in [6.07, 6.45) is 1.24. The summed E-state index contributed by atoms with van der Waals surface area (Å²) in [4.78, 5) is 20.0. The van der Waals surface area contributed by atoms with Crippen molar-refractivity contribution in [3.8, 4) is 0 Å². The second-order valence-corrected chi connectivity index (χ2v) is 3.37. The van der Waals surface area contributed by atoms with Gasteiger partial charge in [-0.15, -0.1) is 0 Å². The van der Waals surface area contributed by atoms with E-state index in [1.54, 1.807) is 24.3 Å². The van der Waals surface area contributed by atoms with Gasteiger partial charge in [-0.3, -0.25) is 20.2 Å². The molecule has 2 rings (SSSR count). The van der Waals surface area contributed by atoms with E-state index in [9.17, 15) is 20.2 Å². The predicted octanol–water partition coefficient (Wildman–Crippen LogP) is 1.56. The van der Waals surface area contributed by atoms with Gasteiger partial charge in [0.2, 0.25) is 0 Å². The molecule has 0 unspecified atom stereocenters. The lowest BCUT2D eigenvalue weighted by Gasteiger charge is -2.11. The summed E-state index contributed by atoms with van der Waals surface area (Å²) < 4.78 is 0. The Morgan fingerprint density at radius 2 is 1.75 bits per heavy atom. The third-order valence-electron chi connectivity index (χ3n) is 2.42. The molecule has 0 spiro atoms. The summed E-state index contributed by atoms with van der Waals surface area (Å²) in [7, 11) is 0. The van der Waals surface area contributed by atoms with Crippen LogP contribution in [0.25, 0.3) is 0 Å². The summed E-state index contributed by atoms with van der Waals surface area (Å²) in [5, 5.41) is 21.4. The fraction of sp³-hybridized carbons (Fsp3) is 0.100. The fourth-order valence-corrected chi connectivity index (χ4v) is 1.65. The highest BCUT2D eigenvalue weighted by Crippen LogP contribution is 2.27. The molecule has 0 N–H and O–H groups in total. The van der Waals surface area contributed by atoms with E-state index in [-0.39, 0.29) is 12.1 Å². The first-order valence-corrected chi connectivity index (χ1v) is 4.54.